The van der Waals surface area contributed by atoms with Crippen molar-refractivity contribution in [3.8, 4) is 16.5 Å². The lowest BCUT2D eigenvalue weighted by atomic mass is 10.0. The van der Waals surface area contributed by atoms with Crippen LogP contribution in [0.1, 0.15) is 43.9 Å². The number of rotatable bonds is 9. The number of aliphatic carboxylic acids is 1. The van der Waals surface area contributed by atoms with Crippen molar-refractivity contribution in [3.05, 3.63) is 68.7 Å². The number of hydrogen-bond acceptors (Lipinski definition) is 9. The fourth-order valence-electron chi connectivity index (χ4n) is 6.46. The topological polar surface area (TPSA) is 129 Å². The molecule has 222 valence electrons. The number of ether oxygens (including phenoxy) is 2. The Hall–Kier alpha value is -3.74. The number of carbonyl (C=O) groups is 1. The normalized spacial score (nSPS) is 21.3. The van der Waals surface area contributed by atoms with E-state index in [1.807, 2.05) is 24.3 Å². The van der Waals surface area contributed by atoms with Crippen LogP contribution in [0, 0.1) is 12.8 Å². The first-order valence-electron chi connectivity index (χ1n) is 13.9. The fraction of sp³-hybridized carbons (Fsp3) is 0.467. The van der Waals surface area contributed by atoms with Gasteiger partial charge in [-0.25, -0.2) is 19.1 Å². The number of nitrogens with zero attached hydrogens (tertiary/aromatic N) is 4. The molecule has 1 N–H and O–H groups in total. The third kappa shape index (κ3) is 4.48. The summed E-state index contributed by atoms with van der Waals surface area (Å²) in [6.45, 7) is 5.45. The standard InChI is InChI=1S/C30H34N4O7S/c1-16-23-26(35)34(30(2,3)28(36)37)29(38)33(27(23)42-24(16)25-31-10-11-40-25)15-22(19-8-6-7-9-20(19)39-5)41-21-13-18-12-17(21)14-32(18)4/h6-11,17-18,21-22H,12-15H2,1-5H3,(H,36,37). The van der Waals surface area contributed by atoms with Crippen LogP contribution in [-0.4, -0.2) is 62.9 Å². The molecule has 3 aromatic heterocycles. The maximum atomic E-state index is 14.2. The van der Waals surface area contributed by atoms with Gasteiger partial charge in [0, 0.05) is 18.2 Å². The number of oxazole rings is 1. The molecule has 0 spiro atoms. The van der Waals surface area contributed by atoms with E-state index in [0.29, 0.717) is 38.9 Å². The van der Waals surface area contributed by atoms with Crippen LogP contribution in [0.2, 0.25) is 0 Å². The Morgan fingerprint density at radius 1 is 1.26 bits per heavy atom. The summed E-state index contributed by atoms with van der Waals surface area (Å²) in [5.74, 6) is 0.0142. The van der Waals surface area contributed by atoms with Crippen molar-refractivity contribution in [2.75, 3.05) is 20.7 Å². The molecule has 2 aliphatic rings. The molecule has 11 nitrogen and oxygen atoms in total. The zero-order valence-electron chi connectivity index (χ0n) is 24.2. The molecule has 0 amide bonds. The van der Waals surface area contributed by atoms with Crippen molar-refractivity contribution in [2.24, 2.45) is 5.92 Å². The van der Waals surface area contributed by atoms with Crippen LogP contribution in [0.15, 0.2) is 50.7 Å². The molecule has 0 radical (unpaired) electrons. The molecule has 6 rings (SSSR count). The van der Waals surface area contributed by atoms with Gasteiger partial charge in [0.2, 0.25) is 5.89 Å². The molecule has 4 unspecified atom stereocenters. The first-order chi connectivity index (χ1) is 20.0. The van der Waals surface area contributed by atoms with Crippen LogP contribution < -0.4 is 16.0 Å². The maximum Gasteiger partial charge on any atom is 0.333 e. The number of para-hydroxylation sites is 1. The number of aryl methyl sites for hydroxylation is 1. The average molecular weight is 595 g/mol. The Kier molecular flexibility index (Phi) is 7.11. The Morgan fingerprint density at radius 2 is 2.02 bits per heavy atom. The van der Waals surface area contributed by atoms with E-state index >= 15 is 0 Å². The van der Waals surface area contributed by atoms with E-state index in [-0.39, 0.29) is 18.0 Å². The number of methoxy groups -OCH3 is 1. The molecule has 1 aliphatic carbocycles. The second kappa shape index (κ2) is 10.5. The minimum atomic E-state index is -1.81. The van der Waals surface area contributed by atoms with Crippen molar-refractivity contribution >= 4 is 27.5 Å². The lowest BCUT2D eigenvalue weighted by Gasteiger charge is -2.32. The predicted molar refractivity (Wildman–Crippen MR) is 157 cm³/mol. The zero-order valence-corrected chi connectivity index (χ0v) is 25.0. The van der Waals surface area contributed by atoms with E-state index in [1.54, 1.807) is 14.0 Å². The van der Waals surface area contributed by atoms with E-state index in [4.69, 9.17) is 13.9 Å². The summed E-state index contributed by atoms with van der Waals surface area (Å²) in [5, 5.41) is 10.3. The highest BCUT2D eigenvalue weighted by Crippen LogP contribution is 2.42. The summed E-state index contributed by atoms with van der Waals surface area (Å²) >= 11 is 1.22. The minimum absolute atomic E-state index is 0.0124. The maximum absolute atomic E-state index is 14.2. The number of carboxylic acids is 1. The number of likely N-dealkylation sites (tertiary alicyclic amines) is 1. The highest BCUT2D eigenvalue weighted by molar-refractivity contribution is 7.22. The molecule has 4 aromatic rings. The van der Waals surface area contributed by atoms with Crippen LogP contribution in [0.25, 0.3) is 21.0 Å². The second-order valence-corrected chi connectivity index (χ2v) is 12.7. The van der Waals surface area contributed by atoms with Crippen molar-refractivity contribution < 1.29 is 23.8 Å². The molecular formula is C30H34N4O7S. The first kappa shape index (κ1) is 28.4. The van der Waals surface area contributed by atoms with Crippen LogP contribution >= 0.6 is 11.3 Å². The molecule has 2 bridgehead atoms. The van der Waals surface area contributed by atoms with Crippen molar-refractivity contribution in [3.63, 3.8) is 0 Å². The van der Waals surface area contributed by atoms with Crippen LogP contribution in [-0.2, 0) is 21.6 Å². The van der Waals surface area contributed by atoms with Crippen LogP contribution in [0.4, 0.5) is 0 Å². The monoisotopic (exact) mass is 594 g/mol. The third-order valence-corrected chi connectivity index (χ3v) is 10.1. The molecule has 4 heterocycles. The lowest BCUT2D eigenvalue weighted by molar-refractivity contribution is -0.146. The Labute approximate surface area is 245 Å². The zero-order chi connectivity index (χ0) is 29.9. The Morgan fingerprint density at radius 3 is 2.64 bits per heavy atom. The molecule has 42 heavy (non-hydrogen) atoms. The van der Waals surface area contributed by atoms with Gasteiger partial charge in [-0.2, -0.15) is 0 Å². The summed E-state index contributed by atoms with van der Waals surface area (Å²) in [6, 6.07) is 7.99. The number of fused-ring (bicyclic) bond motifs is 3. The molecule has 2 fully saturated rings. The minimum Gasteiger partial charge on any atom is -0.496 e. The van der Waals surface area contributed by atoms with Gasteiger partial charge in [-0.1, -0.05) is 18.2 Å². The van der Waals surface area contributed by atoms with Gasteiger partial charge in [0.05, 0.1) is 36.2 Å². The summed E-state index contributed by atoms with van der Waals surface area (Å²) in [6.07, 6.45) is 4.28. The molecule has 1 aliphatic heterocycles. The number of carboxylic acid groups (broad SMARTS) is 1. The first-order valence-corrected chi connectivity index (χ1v) is 14.8. The fourth-order valence-corrected chi connectivity index (χ4v) is 7.70. The number of thiophene rings is 1. The van der Waals surface area contributed by atoms with Gasteiger partial charge in [0.15, 0.2) is 0 Å². The molecule has 4 atom stereocenters. The third-order valence-electron chi connectivity index (χ3n) is 8.85. The largest absolute Gasteiger partial charge is 0.496 e. The predicted octanol–water partition coefficient (Wildman–Crippen LogP) is 3.87. The second-order valence-electron chi connectivity index (χ2n) is 11.7. The van der Waals surface area contributed by atoms with Crippen LogP contribution in [0.3, 0.4) is 0 Å². The van der Waals surface area contributed by atoms with Gasteiger partial charge in [-0.05, 0) is 58.2 Å². The lowest BCUT2D eigenvalue weighted by Crippen LogP contribution is -2.52. The molecule has 1 aromatic carbocycles. The number of hydrogen-bond donors (Lipinski definition) is 1. The van der Waals surface area contributed by atoms with Gasteiger partial charge in [-0.15, -0.1) is 11.3 Å². The van der Waals surface area contributed by atoms with E-state index < -0.39 is 28.9 Å². The smallest absolute Gasteiger partial charge is 0.333 e. The van der Waals surface area contributed by atoms with E-state index in [0.717, 1.165) is 29.5 Å². The van der Waals surface area contributed by atoms with Gasteiger partial charge >= 0.3 is 11.7 Å². The average Bonchev–Trinajstić information content (AvgIpc) is 3.75. The number of aromatic nitrogens is 3. The van der Waals surface area contributed by atoms with Crippen molar-refractivity contribution in [1.82, 2.24) is 19.0 Å². The Balaban J connectivity index is 1.56. The molecular weight excluding hydrogens is 560 g/mol. The molecule has 1 saturated carbocycles. The van der Waals surface area contributed by atoms with Crippen molar-refractivity contribution in [1.29, 1.82) is 0 Å². The summed E-state index contributed by atoms with van der Waals surface area (Å²) in [4.78, 5) is 48.1. The quantitative estimate of drug-likeness (QED) is 0.307. The van der Waals surface area contributed by atoms with Gasteiger partial charge in [-0.3, -0.25) is 9.36 Å². The highest BCUT2D eigenvalue weighted by atomic mass is 32.1. The van der Waals surface area contributed by atoms with E-state index in [9.17, 15) is 19.5 Å². The van der Waals surface area contributed by atoms with Crippen molar-refractivity contribution in [2.45, 2.75) is 63.9 Å². The molecule has 12 heteroatoms. The number of benzene rings is 1. The van der Waals surface area contributed by atoms with E-state index in [1.165, 1.54) is 42.2 Å². The van der Waals surface area contributed by atoms with E-state index in [2.05, 4.69) is 16.9 Å². The van der Waals surface area contributed by atoms with Crippen LogP contribution in [0.5, 0.6) is 5.75 Å². The van der Waals surface area contributed by atoms with Gasteiger partial charge in [0.25, 0.3) is 5.56 Å². The number of piperidine rings is 1. The summed E-state index contributed by atoms with van der Waals surface area (Å²) in [5.41, 5.74) is -1.87. The summed E-state index contributed by atoms with van der Waals surface area (Å²) < 4.78 is 20.4. The highest BCUT2D eigenvalue weighted by Gasteiger charge is 2.45. The summed E-state index contributed by atoms with van der Waals surface area (Å²) in [7, 11) is 3.72. The molecule has 1 saturated heterocycles. The SMILES string of the molecule is COc1ccccc1C(Cn1c(=O)n(C(C)(C)C(=O)O)c(=O)c2c(C)c(-c3ncco3)sc21)OC1CC2CC1CN2C. The van der Waals surface area contributed by atoms with Gasteiger partial charge < -0.3 is 23.9 Å². The Bertz CT molecular complexity index is 1770. The van der Waals surface area contributed by atoms with Gasteiger partial charge in [0.1, 0.15) is 28.5 Å².